The minimum absolute atomic E-state index is 0.516. The van der Waals surface area contributed by atoms with Crippen molar-refractivity contribution in [3.63, 3.8) is 0 Å². The highest BCUT2D eigenvalue weighted by molar-refractivity contribution is 9.10. The summed E-state index contributed by atoms with van der Waals surface area (Å²) in [6.45, 7) is 2.85. The van der Waals surface area contributed by atoms with E-state index in [-0.39, 0.29) is 0 Å². The van der Waals surface area contributed by atoms with Crippen LogP contribution in [0.15, 0.2) is 27.7 Å². The topological polar surface area (TPSA) is 62.4 Å². The third kappa shape index (κ3) is 4.93. The van der Waals surface area contributed by atoms with Crippen LogP contribution in [-0.2, 0) is 0 Å². The number of rotatable bonds is 4. The fourth-order valence-corrected chi connectivity index (χ4v) is 1.91. The van der Waals surface area contributed by atoms with Crippen LogP contribution in [0, 0.1) is 0 Å². The summed E-state index contributed by atoms with van der Waals surface area (Å²) in [5, 5.41) is 3.65. The minimum Gasteiger partial charge on any atom is -0.324 e. The van der Waals surface area contributed by atoms with Crippen molar-refractivity contribution in [2.45, 2.75) is 19.8 Å². The number of anilines is 1. The number of nitrogens with zero attached hydrogens (tertiary/aromatic N) is 1. The highest BCUT2D eigenvalue weighted by Gasteiger charge is 2.03. The van der Waals surface area contributed by atoms with Gasteiger partial charge < -0.3 is 5.32 Å². The maximum atomic E-state index is 6.08. The van der Waals surface area contributed by atoms with E-state index in [9.17, 15) is 0 Å². The molecule has 0 unspecified atom stereocenters. The zero-order valence-electron chi connectivity index (χ0n) is 9.63. The van der Waals surface area contributed by atoms with Gasteiger partial charge in [-0.3, -0.25) is 10.4 Å². The van der Waals surface area contributed by atoms with Crippen molar-refractivity contribution >= 4 is 39.2 Å². The Morgan fingerprint density at radius 1 is 1.53 bits per heavy atom. The van der Waals surface area contributed by atoms with Gasteiger partial charge in [0.15, 0.2) is 0 Å². The van der Waals surface area contributed by atoms with Gasteiger partial charge in [-0.1, -0.05) is 40.9 Å². The molecule has 0 saturated carbocycles. The summed E-state index contributed by atoms with van der Waals surface area (Å²) in [6.07, 6.45) is 2.13. The smallest absolute Gasteiger partial charge is 0.210 e. The molecule has 94 valence electrons. The monoisotopic (exact) mass is 318 g/mol. The Morgan fingerprint density at radius 3 is 2.88 bits per heavy atom. The van der Waals surface area contributed by atoms with Gasteiger partial charge in [-0.2, -0.15) is 0 Å². The maximum absolute atomic E-state index is 6.08. The van der Waals surface area contributed by atoms with E-state index in [1.54, 1.807) is 0 Å². The molecular formula is C11H16BrClN4. The van der Waals surface area contributed by atoms with Crippen molar-refractivity contribution in [2.75, 3.05) is 11.9 Å². The lowest BCUT2D eigenvalue weighted by molar-refractivity contribution is 0.801. The van der Waals surface area contributed by atoms with E-state index in [2.05, 4.69) is 38.6 Å². The molecule has 1 rings (SSSR count). The largest absolute Gasteiger partial charge is 0.324 e. The van der Waals surface area contributed by atoms with E-state index in [0.29, 0.717) is 11.0 Å². The number of nitrogens with one attached hydrogen (secondary N) is 2. The average molecular weight is 320 g/mol. The summed E-state index contributed by atoms with van der Waals surface area (Å²) in [5.74, 6) is 5.90. The third-order valence-electron chi connectivity index (χ3n) is 2.10. The molecule has 0 aliphatic heterocycles. The van der Waals surface area contributed by atoms with Crippen molar-refractivity contribution in [1.82, 2.24) is 5.43 Å². The number of benzene rings is 1. The van der Waals surface area contributed by atoms with Gasteiger partial charge in [0.25, 0.3) is 0 Å². The van der Waals surface area contributed by atoms with Crippen LogP contribution in [-0.4, -0.2) is 12.5 Å². The number of halogens is 2. The Morgan fingerprint density at radius 2 is 2.29 bits per heavy atom. The molecule has 0 aromatic heterocycles. The SMILES string of the molecule is CCCCN=C(NN)Nc1ccc(Br)cc1Cl. The van der Waals surface area contributed by atoms with Crippen molar-refractivity contribution < 1.29 is 0 Å². The molecule has 0 fully saturated rings. The standard InChI is InChI=1S/C11H16BrClN4/c1-2-3-6-15-11(17-14)16-10-5-4-8(12)7-9(10)13/h4-5,7H,2-3,6,14H2,1H3,(H2,15,16,17). The van der Waals surface area contributed by atoms with E-state index in [1.165, 1.54) is 0 Å². The Bertz CT molecular complexity index is 395. The number of aliphatic imine (C=N–C) groups is 1. The summed E-state index contributed by atoms with van der Waals surface area (Å²) in [4.78, 5) is 4.29. The first kappa shape index (κ1) is 14.3. The average Bonchev–Trinajstić information content (AvgIpc) is 2.31. The van der Waals surface area contributed by atoms with E-state index >= 15 is 0 Å². The zero-order valence-corrected chi connectivity index (χ0v) is 12.0. The Labute approximate surface area is 115 Å². The second-order valence-corrected chi connectivity index (χ2v) is 4.80. The third-order valence-corrected chi connectivity index (χ3v) is 2.91. The Balaban J connectivity index is 2.70. The summed E-state index contributed by atoms with van der Waals surface area (Å²) in [5.41, 5.74) is 3.29. The summed E-state index contributed by atoms with van der Waals surface area (Å²) < 4.78 is 0.929. The second-order valence-electron chi connectivity index (χ2n) is 3.48. The van der Waals surface area contributed by atoms with E-state index < -0.39 is 0 Å². The van der Waals surface area contributed by atoms with Gasteiger partial charge in [0, 0.05) is 11.0 Å². The normalized spacial score (nSPS) is 11.4. The predicted octanol–water partition coefficient (Wildman–Crippen LogP) is 3.13. The van der Waals surface area contributed by atoms with Gasteiger partial charge in [-0.05, 0) is 24.6 Å². The van der Waals surface area contributed by atoms with Crippen LogP contribution in [0.5, 0.6) is 0 Å². The van der Waals surface area contributed by atoms with Crippen molar-refractivity contribution in [3.05, 3.63) is 27.7 Å². The van der Waals surface area contributed by atoms with Crippen molar-refractivity contribution in [2.24, 2.45) is 10.8 Å². The molecule has 4 N–H and O–H groups in total. The Hall–Kier alpha value is -0.780. The van der Waals surface area contributed by atoms with Gasteiger partial charge in [0.2, 0.25) is 5.96 Å². The van der Waals surface area contributed by atoms with Gasteiger partial charge >= 0.3 is 0 Å². The molecule has 0 aliphatic carbocycles. The maximum Gasteiger partial charge on any atom is 0.210 e. The number of hydrogen-bond donors (Lipinski definition) is 3. The molecule has 1 aromatic rings. The van der Waals surface area contributed by atoms with Crippen LogP contribution < -0.4 is 16.6 Å². The van der Waals surface area contributed by atoms with Crippen LogP contribution in [0.25, 0.3) is 0 Å². The van der Waals surface area contributed by atoms with E-state index in [4.69, 9.17) is 17.4 Å². The van der Waals surface area contributed by atoms with Crippen molar-refractivity contribution in [1.29, 1.82) is 0 Å². The first-order chi connectivity index (χ1) is 8.17. The van der Waals surface area contributed by atoms with Gasteiger partial charge in [-0.15, -0.1) is 0 Å². The number of nitrogens with two attached hydrogens (primary N) is 1. The van der Waals surface area contributed by atoms with Crippen LogP contribution in [0.4, 0.5) is 5.69 Å². The molecule has 17 heavy (non-hydrogen) atoms. The minimum atomic E-state index is 0.516. The predicted molar refractivity (Wildman–Crippen MR) is 77.3 cm³/mol. The second kappa shape index (κ2) is 7.53. The molecule has 0 saturated heterocycles. The quantitative estimate of drug-likeness (QED) is 0.263. The molecule has 0 aliphatic rings. The summed E-state index contributed by atoms with van der Waals surface area (Å²) >= 11 is 9.42. The van der Waals surface area contributed by atoms with Crippen LogP contribution >= 0.6 is 27.5 Å². The number of unbranched alkanes of at least 4 members (excludes halogenated alkanes) is 1. The first-order valence-corrected chi connectivity index (χ1v) is 6.57. The lowest BCUT2D eigenvalue weighted by Crippen LogP contribution is -2.36. The van der Waals surface area contributed by atoms with E-state index in [1.807, 2.05) is 18.2 Å². The highest BCUT2D eigenvalue weighted by Crippen LogP contribution is 2.25. The van der Waals surface area contributed by atoms with Crippen LogP contribution in [0.2, 0.25) is 5.02 Å². The molecule has 0 heterocycles. The molecule has 0 radical (unpaired) electrons. The number of hydrazine groups is 1. The molecule has 6 heteroatoms. The first-order valence-electron chi connectivity index (χ1n) is 5.40. The molecular weight excluding hydrogens is 304 g/mol. The molecule has 0 atom stereocenters. The van der Waals surface area contributed by atoms with Gasteiger partial charge in [0.1, 0.15) is 0 Å². The fourth-order valence-electron chi connectivity index (χ4n) is 1.19. The lowest BCUT2D eigenvalue weighted by Gasteiger charge is -2.10. The Kier molecular flexibility index (Phi) is 6.32. The number of guanidine groups is 1. The fraction of sp³-hybridized carbons (Fsp3) is 0.364. The van der Waals surface area contributed by atoms with Crippen molar-refractivity contribution in [3.8, 4) is 0 Å². The van der Waals surface area contributed by atoms with Gasteiger partial charge in [0.05, 0.1) is 10.7 Å². The molecule has 0 amide bonds. The van der Waals surface area contributed by atoms with Gasteiger partial charge in [-0.25, -0.2) is 5.84 Å². The summed E-state index contributed by atoms with van der Waals surface area (Å²) in [6, 6.07) is 5.57. The van der Waals surface area contributed by atoms with Crippen LogP contribution in [0.3, 0.4) is 0 Å². The lowest BCUT2D eigenvalue weighted by atomic mass is 10.3. The highest BCUT2D eigenvalue weighted by atomic mass is 79.9. The molecule has 1 aromatic carbocycles. The molecule has 0 bridgehead atoms. The molecule has 4 nitrogen and oxygen atoms in total. The zero-order chi connectivity index (χ0) is 12.7. The number of hydrogen-bond acceptors (Lipinski definition) is 2. The summed E-state index contributed by atoms with van der Waals surface area (Å²) in [7, 11) is 0. The van der Waals surface area contributed by atoms with Crippen LogP contribution in [0.1, 0.15) is 19.8 Å². The van der Waals surface area contributed by atoms with E-state index in [0.717, 1.165) is 29.5 Å². The molecule has 0 spiro atoms.